The molecule has 1 aliphatic heterocycles. The van der Waals surface area contributed by atoms with Crippen LogP contribution < -0.4 is 4.80 Å². The van der Waals surface area contributed by atoms with Crippen LogP contribution in [0, 0.1) is 17.1 Å². The number of thiazole rings is 1. The molecule has 0 amide bonds. The molecule has 3 aromatic rings. The second kappa shape index (κ2) is 10.9. The van der Waals surface area contributed by atoms with Crippen LogP contribution in [0.3, 0.4) is 0 Å². The summed E-state index contributed by atoms with van der Waals surface area (Å²) in [6.07, 6.45) is 1.47. The van der Waals surface area contributed by atoms with E-state index in [1.165, 1.54) is 23.5 Å². The lowest BCUT2D eigenvalue weighted by atomic mass is 9.96. The summed E-state index contributed by atoms with van der Waals surface area (Å²) in [6, 6.07) is 11.9. The molecule has 0 radical (unpaired) electrons. The zero-order valence-corrected chi connectivity index (χ0v) is 19.5. The molecule has 1 aliphatic rings. The Hall–Kier alpha value is -1.15. The van der Waals surface area contributed by atoms with Crippen LogP contribution in [0.2, 0.25) is 5.02 Å². The molecule has 2 N–H and O–H groups in total. The molecule has 0 aliphatic carbocycles. The Bertz CT molecular complexity index is 1020. The maximum Gasteiger partial charge on any atom is 0.182 e. The number of nitrogens with zero attached hydrogens (tertiary/aromatic N) is 2. The summed E-state index contributed by atoms with van der Waals surface area (Å²) in [6.45, 7) is 3.25. The quantitative estimate of drug-likeness (QED) is 0.510. The number of hydrogen-bond donors (Lipinski definition) is 2. The number of rotatable bonds is 5. The molecule has 2 heterocycles. The maximum absolute atomic E-state index is 13.0. The number of β-amino-alcohol motifs (C(OH)–C–C–N with tert-alkyl or cyclic N) is 1. The second-order valence-electron chi connectivity index (χ2n) is 7.44. The first-order valence-electron chi connectivity index (χ1n) is 9.49. The fourth-order valence-corrected chi connectivity index (χ4v) is 5.08. The van der Waals surface area contributed by atoms with Crippen molar-refractivity contribution in [3.8, 4) is 0 Å². The molecule has 4 rings (SSSR count). The summed E-state index contributed by atoms with van der Waals surface area (Å²) in [4.78, 5) is 2.83. The van der Waals surface area contributed by atoms with Crippen molar-refractivity contribution in [2.24, 2.45) is 5.92 Å². The molecule has 0 spiro atoms. The molecule has 4 nitrogen and oxygen atoms in total. The standard InChI is InChI=1S/C21H23ClFN3OS.2ClH/c22-16-3-6-18-20(11-16)28-21(24)26(18)12-14-7-9-25(10-8-14)13-19(27)15-1-4-17(23)5-2-15;;/h1-6,11,14,19,24,27H,7-10,12-13H2;2*1H. The summed E-state index contributed by atoms with van der Waals surface area (Å²) in [5.41, 5.74) is 1.83. The monoisotopic (exact) mass is 491 g/mol. The zero-order chi connectivity index (χ0) is 19.7. The molecule has 164 valence electrons. The van der Waals surface area contributed by atoms with Gasteiger partial charge in [-0.2, -0.15) is 0 Å². The van der Waals surface area contributed by atoms with Gasteiger partial charge < -0.3 is 14.6 Å². The van der Waals surface area contributed by atoms with Gasteiger partial charge in [0.15, 0.2) is 4.80 Å². The lowest BCUT2D eigenvalue weighted by molar-refractivity contribution is 0.0867. The largest absolute Gasteiger partial charge is 0.387 e. The van der Waals surface area contributed by atoms with Crippen LogP contribution in [0.25, 0.3) is 10.2 Å². The molecule has 1 fully saturated rings. The molecule has 1 saturated heterocycles. The lowest BCUT2D eigenvalue weighted by Gasteiger charge is -2.33. The Morgan fingerprint density at radius 2 is 1.80 bits per heavy atom. The molecule has 1 aromatic heterocycles. The third-order valence-electron chi connectivity index (χ3n) is 5.50. The van der Waals surface area contributed by atoms with Crippen molar-refractivity contribution in [1.82, 2.24) is 9.47 Å². The van der Waals surface area contributed by atoms with Crippen LogP contribution in [-0.2, 0) is 6.54 Å². The van der Waals surface area contributed by atoms with Crippen LogP contribution in [0.5, 0.6) is 0 Å². The van der Waals surface area contributed by atoms with Crippen molar-refractivity contribution in [3.63, 3.8) is 0 Å². The van der Waals surface area contributed by atoms with Gasteiger partial charge in [0.1, 0.15) is 5.82 Å². The number of likely N-dealkylation sites (tertiary alicyclic amines) is 1. The highest BCUT2D eigenvalue weighted by atomic mass is 35.5. The van der Waals surface area contributed by atoms with Crippen LogP contribution in [0.1, 0.15) is 24.5 Å². The van der Waals surface area contributed by atoms with Gasteiger partial charge >= 0.3 is 0 Å². The van der Waals surface area contributed by atoms with Crippen molar-refractivity contribution < 1.29 is 9.50 Å². The first kappa shape index (κ1) is 25.1. The van der Waals surface area contributed by atoms with Crippen molar-refractivity contribution in [2.45, 2.75) is 25.5 Å². The van der Waals surface area contributed by atoms with Gasteiger partial charge in [0.2, 0.25) is 0 Å². The van der Waals surface area contributed by atoms with E-state index in [0.717, 1.165) is 48.3 Å². The van der Waals surface area contributed by atoms with Gasteiger partial charge in [0.25, 0.3) is 0 Å². The molecule has 9 heteroatoms. The van der Waals surface area contributed by atoms with E-state index in [4.69, 9.17) is 17.0 Å². The number of aliphatic hydroxyl groups excluding tert-OH is 1. The van der Waals surface area contributed by atoms with Crippen molar-refractivity contribution >= 4 is 58.0 Å². The van der Waals surface area contributed by atoms with E-state index in [9.17, 15) is 9.50 Å². The normalized spacial score (nSPS) is 16.1. The van der Waals surface area contributed by atoms with Crippen molar-refractivity contribution in [1.29, 1.82) is 5.41 Å². The summed E-state index contributed by atoms with van der Waals surface area (Å²) in [7, 11) is 0. The van der Waals surface area contributed by atoms with Crippen molar-refractivity contribution in [2.75, 3.05) is 19.6 Å². The van der Waals surface area contributed by atoms with Gasteiger partial charge in [0.05, 0.1) is 16.3 Å². The summed E-state index contributed by atoms with van der Waals surface area (Å²) in [5.74, 6) is 0.230. The van der Waals surface area contributed by atoms with Crippen LogP contribution in [0.15, 0.2) is 42.5 Å². The number of piperidine rings is 1. The Labute approximate surface area is 196 Å². The Kier molecular flexibility index (Phi) is 9.15. The van der Waals surface area contributed by atoms with Crippen LogP contribution >= 0.6 is 47.8 Å². The number of aromatic nitrogens is 1. The zero-order valence-electron chi connectivity index (χ0n) is 16.3. The fraction of sp³-hybridized carbons (Fsp3) is 0.381. The number of hydrogen-bond acceptors (Lipinski definition) is 4. The molecule has 1 atom stereocenters. The van der Waals surface area contributed by atoms with Crippen molar-refractivity contribution in [3.05, 3.63) is 63.7 Å². The first-order valence-corrected chi connectivity index (χ1v) is 10.7. The van der Waals surface area contributed by atoms with Crippen LogP contribution in [0.4, 0.5) is 4.39 Å². The van der Waals surface area contributed by atoms with E-state index in [2.05, 4.69) is 9.47 Å². The van der Waals surface area contributed by atoms with E-state index in [1.807, 2.05) is 18.2 Å². The van der Waals surface area contributed by atoms with Gasteiger partial charge in [-0.25, -0.2) is 4.39 Å². The van der Waals surface area contributed by atoms with Gasteiger partial charge in [0, 0.05) is 18.1 Å². The minimum atomic E-state index is -0.600. The molecule has 0 bridgehead atoms. The van der Waals surface area contributed by atoms with Gasteiger partial charge in [-0.1, -0.05) is 35.1 Å². The number of benzene rings is 2. The van der Waals surface area contributed by atoms with Crippen LogP contribution in [-0.4, -0.2) is 34.2 Å². The van der Waals surface area contributed by atoms with E-state index in [0.29, 0.717) is 22.3 Å². The van der Waals surface area contributed by atoms with E-state index in [-0.39, 0.29) is 30.6 Å². The smallest absolute Gasteiger partial charge is 0.182 e. The topological polar surface area (TPSA) is 52.2 Å². The van der Waals surface area contributed by atoms with Gasteiger partial charge in [-0.3, -0.25) is 5.41 Å². The van der Waals surface area contributed by atoms with Gasteiger partial charge in [-0.15, -0.1) is 24.8 Å². The molecule has 2 aromatic carbocycles. The number of fused-ring (bicyclic) bond motifs is 1. The fourth-order valence-electron chi connectivity index (χ4n) is 3.89. The first-order chi connectivity index (χ1) is 13.5. The number of nitrogens with one attached hydrogen (secondary N) is 1. The highest BCUT2D eigenvalue weighted by molar-refractivity contribution is 7.16. The molecule has 1 unspecified atom stereocenters. The summed E-state index contributed by atoms with van der Waals surface area (Å²) >= 11 is 7.54. The summed E-state index contributed by atoms with van der Waals surface area (Å²) < 4.78 is 16.2. The average Bonchev–Trinajstić information content (AvgIpc) is 2.98. The minimum absolute atomic E-state index is 0. The molecule has 30 heavy (non-hydrogen) atoms. The highest BCUT2D eigenvalue weighted by Crippen LogP contribution is 2.26. The Morgan fingerprint density at radius 1 is 1.13 bits per heavy atom. The minimum Gasteiger partial charge on any atom is -0.387 e. The van der Waals surface area contributed by atoms with E-state index >= 15 is 0 Å². The van der Waals surface area contributed by atoms with E-state index < -0.39 is 6.10 Å². The number of aliphatic hydroxyl groups is 1. The molecule has 0 saturated carbocycles. The lowest BCUT2D eigenvalue weighted by Crippen LogP contribution is -2.38. The SMILES string of the molecule is Cl.Cl.N=c1sc2cc(Cl)ccc2n1CC1CCN(CC(O)c2ccc(F)cc2)CC1. The third-order valence-corrected chi connectivity index (χ3v) is 6.69. The number of halogens is 4. The summed E-state index contributed by atoms with van der Waals surface area (Å²) in [5, 5.41) is 19.4. The molecular weight excluding hydrogens is 468 g/mol. The predicted molar refractivity (Wildman–Crippen MR) is 126 cm³/mol. The van der Waals surface area contributed by atoms with E-state index in [1.54, 1.807) is 12.1 Å². The third kappa shape index (κ3) is 5.75. The Morgan fingerprint density at radius 3 is 2.47 bits per heavy atom. The maximum atomic E-state index is 13.0. The predicted octanol–water partition coefficient (Wildman–Crippen LogP) is 5.26. The van der Waals surface area contributed by atoms with Gasteiger partial charge in [-0.05, 0) is 67.7 Å². The average molecular weight is 493 g/mol. The molecular formula is C21H25Cl3FN3OS. The Balaban J connectivity index is 0.00000160. The second-order valence-corrected chi connectivity index (χ2v) is 8.91. The highest BCUT2D eigenvalue weighted by Gasteiger charge is 2.23.